The first-order valence-corrected chi connectivity index (χ1v) is 21.2. The second kappa shape index (κ2) is 13.3. The zero-order valence-corrected chi connectivity index (χ0v) is 27.2. The van der Waals surface area contributed by atoms with Crippen LogP contribution in [-0.4, -0.2) is 9.34 Å². The van der Waals surface area contributed by atoms with Gasteiger partial charge in [0.15, 0.2) is 0 Å². The molecule has 40 heavy (non-hydrogen) atoms. The Morgan fingerprint density at radius 2 is 0.675 bits per heavy atom. The molecule has 0 fully saturated rings. The van der Waals surface area contributed by atoms with E-state index in [-0.39, 0.29) is 0 Å². The molecule has 2 atom stereocenters. The molecule has 12 heteroatoms. The van der Waals surface area contributed by atoms with E-state index in [1.54, 1.807) is 0 Å². The van der Waals surface area contributed by atoms with Crippen molar-refractivity contribution in [1.29, 1.82) is 0 Å². The van der Waals surface area contributed by atoms with Crippen molar-refractivity contribution in [2.75, 3.05) is 0 Å². The van der Waals surface area contributed by atoms with E-state index >= 15 is 0 Å². The molecule has 0 radical (unpaired) electrons. The summed E-state index contributed by atoms with van der Waals surface area (Å²) in [6.45, 7) is -4.37. The average Bonchev–Trinajstić information content (AvgIpc) is 2.93. The SMILES string of the molecule is ClP1(Cl)=NP(Cl)(N(Cc2ccccc2)Cc2ccccc2)=NP(Cl)(N(Cc2ccccc2)Cc2ccccc2)=N1. The van der Waals surface area contributed by atoms with Gasteiger partial charge >= 0.3 is 0 Å². The average molecular weight is 669 g/mol. The highest BCUT2D eigenvalue weighted by atomic mass is 35.9. The molecule has 4 aromatic carbocycles. The molecule has 0 saturated carbocycles. The molecule has 0 spiro atoms. The van der Waals surface area contributed by atoms with Crippen LogP contribution < -0.4 is 0 Å². The smallest absolute Gasteiger partial charge is 0.231 e. The van der Waals surface area contributed by atoms with Crippen LogP contribution in [0.4, 0.5) is 0 Å². The maximum atomic E-state index is 7.48. The molecule has 0 aliphatic carbocycles. The van der Waals surface area contributed by atoms with Gasteiger partial charge in [0.1, 0.15) is 0 Å². The van der Waals surface area contributed by atoms with E-state index in [0.29, 0.717) is 26.2 Å². The molecule has 0 N–H and O–H groups in total. The van der Waals surface area contributed by atoms with Crippen molar-refractivity contribution in [2.45, 2.75) is 26.2 Å². The zero-order chi connectivity index (χ0) is 28.1. The number of halogens is 4. The second-order valence-corrected chi connectivity index (χ2v) is 21.5. The lowest BCUT2D eigenvalue weighted by Crippen LogP contribution is -2.20. The van der Waals surface area contributed by atoms with E-state index in [1.165, 1.54) is 0 Å². The molecule has 5 rings (SSSR count). The van der Waals surface area contributed by atoms with Gasteiger partial charge in [-0.3, -0.25) is 0 Å². The summed E-state index contributed by atoms with van der Waals surface area (Å²) in [5, 5.41) is 0. The Hall–Kier alpha value is -1.35. The topological polar surface area (TPSA) is 43.6 Å². The minimum Gasteiger partial charge on any atom is -0.231 e. The summed E-state index contributed by atoms with van der Waals surface area (Å²) in [5.74, 6) is -3.25. The van der Waals surface area contributed by atoms with E-state index in [9.17, 15) is 0 Å². The van der Waals surface area contributed by atoms with Gasteiger partial charge in [-0.15, -0.1) is 0 Å². The number of hydrogen-bond acceptors (Lipinski definition) is 5. The Kier molecular flexibility index (Phi) is 10.0. The maximum Gasteiger partial charge on any atom is 0.257 e. The van der Waals surface area contributed by atoms with Gasteiger partial charge in [-0.2, -0.15) is 13.5 Å². The van der Waals surface area contributed by atoms with Crippen molar-refractivity contribution >= 4 is 64.3 Å². The van der Waals surface area contributed by atoms with Crippen LogP contribution in [0.1, 0.15) is 22.3 Å². The Balaban J connectivity index is 1.62. The van der Waals surface area contributed by atoms with Gasteiger partial charge in [-0.05, 0) is 67.2 Å². The van der Waals surface area contributed by atoms with Crippen LogP contribution >= 0.6 is 64.3 Å². The third kappa shape index (κ3) is 7.93. The summed E-state index contributed by atoms with van der Waals surface area (Å²) in [6, 6.07) is 40.4. The lowest BCUT2D eigenvalue weighted by molar-refractivity contribution is 0.440. The summed E-state index contributed by atoms with van der Waals surface area (Å²) >= 11 is 28.7. The second-order valence-electron chi connectivity index (χ2n) is 9.30. The van der Waals surface area contributed by atoms with Gasteiger partial charge in [0, 0.05) is 26.2 Å². The molecule has 0 saturated heterocycles. The lowest BCUT2D eigenvalue weighted by Gasteiger charge is -2.37. The van der Waals surface area contributed by atoms with E-state index < -0.39 is 19.3 Å². The van der Waals surface area contributed by atoms with Gasteiger partial charge in [0.2, 0.25) is 13.4 Å². The summed E-state index contributed by atoms with van der Waals surface area (Å²) < 4.78 is 18.8. The summed E-state index contributed by atoms with van der Waals surface area (Å²) in [7, 11) is 0. The van der Waals surface area contributed by atoms with Gasteiger partial charge < -0.3 is 0 Å². The summed E-state index contributed by atoms with van der Waals surface area (Å²) in [5.41, 5.74) is 4.29. The zero-order valence-electron chi connectivity index (χ0n) is 21.5. The molecular weight excluding hydrogens is 641 g/mol. The predicted octanol–water partition coefficient (Wildman–Crippen LogP) is 12.2. The van der Waals surface area contributed by atoms with Crippen molar-refractivity contribution in [3.63, 3.8) is 0 Å². The summed E-state index contributed by atoms with van der Waals surface area (Å²) in [6.07, 6.45) is 0. The minimum atomic E-state index is -3.25. The molecule has 1 aliphatic rings. The molecule has 5 nitrogen and oxygen atoms in total. The molecular formula is C28H28Cl4N5P3. The Morgan fingerprint density at radius 3 is 0.975 bits per heavy atom. The van der Waals surface area contributed by atoms with Gasteiger partial charge in [-0.1, -0.05) is 121 Å². The third-order valence-electron chi connectivity index (χ3n) is 6.22. The first kappa shape index (κ1) is 30.1. The number of benzene rings is 4. The van der Waals surface area contributed by atoms with E-state index in [4.69, 9.17) is 58.5 Å². The summed E-state index contributed by atoms with van der Waals surface area (Å²) in [4.78, 5) is 0. The van der Waals surface area contributed by atoms with E-state index in [0.717, 1.165) is 22.3 Å². The third-order valence-corrected chi connectivity index (χ3v) is 19.7. The van der Waals surface area contributed by atoms with Gasteiger partial charge in [0.05, 0.1) is 0 Å². The predicted molar refractivity (Wildman–Crippen MR) is 176 cm³/mol. The lowest BCUT2D eigenvalue weighted by atomic mass is 10.2. The van der Waals surface area contributed by atoms with Crippen molar-refractivity contribution < 1.29 is 0 Å². The maximum absolute atomic E-state index is 7.48. The molecule has 208 valence electrons. The molecule has 1 heterocycles. The Morgan fingerprint density at radius 1 is 0.400 bits per heavy atom. The fourth-order valence-electron chi connectivity index (χ4n) is 4.35. The van der Waals surface area contributed by atoms with Crippen LogP contribution in [0, 0.1) is 0 Å². The standard InChI is InChI=1S/C28H28Cl4N5P3/c29-38(30)33-39(31,36(21-25-13-5-1-6-14-25)22-26-15-7-2-8-16-26)35-40(32,34-38)37(23-27-17-9-3-10-18-27)24-28-19-11-4-12-20-28/h1-20H,21-24H2. The Labute approximate surface area is 255 Å². The molecule has 1 aliphatic heterocycles. The highest BCUT2D eigenvalue weighted by Gasteiger charge is 2.40. The molecule has 0 amide bonds. The quantitative estimate of drug-likeness (QED) is 0.158. The number of hydrogen-bond donors (Lipinski definition) is 0. The van der Waals surface area contributed by atoms with Crippen LogP contribution in [-0.2, 0) is 26.2 Å². The fraction of sp³-hybridized carbons (Fsp3) is 0.143. The fourth-order valence-corrected chi connectivity index (χ4v) is 21.3. The highest BCUT2D eigenvalue weighted by Crippen LogP contribution is 2.86. The number of rotatable bonds is 10. The van der Waals surface area contributed by atoms with Crippen molar-refractivity contribution in [1.82, 2.24) is 9.34 Å². The molecule has 0 aromatic heterocycles. The number of nitrogens with zero attached hydrogens (tertiary/aromatic N) is 5. The van der Waals surface area contributed by atoms with Crippen molar-refractivity contribution in [3.05, 3.63) is 144 Å². The van der Waals surface area contributed by atoms with Gasteiger partial charge in [-0.25, -0.2) is 9.34 Å². The first-order valence-electron chi connectivity index (χ1n) is 12.6. The van der Waals surface area contributed by atoms with Gasteiger partial charge in [0.25, 0.3) is 5.91 Å². The normalized spacial score (nSPS) is 21.9. The van der Waals surface area contributed by atoms with E-state index in [2.05, 4.69) is 57.9 Å². The Bertz CT molecular complexity index is 1410. The van der Waals surface area contributed by atoms with Crippen LogP contribution in [0.5, 0.6) is 0 Å². The highest BCUT2D eigenvalue weighted by molar-refractivity contribution is 8.17. The monoisotopic (exact) mass is 667 g/mol. The first-order chi connectivity index (χ1) is 19.2. The van der Waals surface area contributed by atoms with Crippen molar-refractivity contribution in [2.24, 2.45) is 13.5 Å². The largest absolute Gasteiger partial charge is 0.257 e. The molecule has 2 unspecified atom stereocenters. The van der Waals surface area contributed by atoms with Crippen LogP contribution in [0.15, 0.2) is 135 Å². The van der Waals surface area contributed by atoms with E-state index in [1.807, 2.05) is 72.8 Å². The van der Waals surface area contributed by atoms with Crippen LogP contribution in [0.3, 0.4) is 0 Å². The molecule has 4 aromatic rings. The van der Waals surface area contributed by atoms with Crippen molar-refractivity contribution in [3.8, 4) is 0 Å². The van der Waals surface area contributed by atoms with Crippen LogP contribution in [0.2, 0.25) is 0 Å². The van der Waals surface area contributed by atoms with Crippen LogP contribution in [0.25, 0.3) is 0 Å². The minimum absolute atomic E-state index is 0.502. The molecule has 0 bridgehead atoms.